The molecule has 178 valence electrons. The van der Waals surface area contributed by atoms with E-state index in [1.165, 1.54) is 49.0 Å². The van der Waals surface area contributed by atoms with Gasteiger partial charge in [-0.25, -0.2) is 4.98 Å². The number of nitrogens with zero attached hydrogens (tertiary/aromatic N) is 1. The summed E-state index contributed by atoms with van der Waals surface area (Å²) in [5, 5.41) is -0.258. The van der Waals surface area contributed by atoms with Gasteiger partial charge in [0.25, 0.3) is 0 Å². The summed E-state index contributed by atoms with van der Waals surface area (Å²) in [4.78, 5) is 31.8. The monoisotopic (exact) mass is 517 g/mol. The summed E-state index contributed by atoms with van der Waals surface area (Å²) in [7, 11) is 0. The van der Waals surface area contributed by atoms with Crippen LogP contribution in [-0.4, -0.2) is 15.2 Å². The predicted octanol–water partition coefficient (Wildman–Crippen LogP) is 7.33. The fourth-order valence-electron chi connectivity index (χ4n) is 5.48. The molecule has 0 saturated heterocycles. The third-order valence-electron chi connectivity index (χ3n) is 7.21. The van der Waals surface area contributed by atoms with Gasteiger partial charge in [0.1, 0.15) is 10.4 Å². The van der Waals surface area contributed by atoms with Crippen molar-refractivity contribution in [3.63, 3.8) is 0 Å². The molecule has 3 aromatic carbocycles. The van der Waals surface area contributed by atoms with Crippen molar-refractivity contribution >= 4 is 57.0 Å². The van der Waals surface area contributed by atoms with Crippen LogP contribution in [0.2, 0.25) is 0 Å². The number of fused-ring (bicyclic) bond motifs is 1. The van der Waals surface area contributed by atoms with Crippen LogP contribution >= 0.6 is 36.6 Å². The molecule has 1 saturated carbocycles. The molecule has 0 aliphatic heterocycles. The molecule has 4 aromatic rings. The van der Waals surface area contributed by atoms with Gasteiger partial charge in [-0.15, -0.1) is 36.6 Å². The lowest BCUT2D eigenvalue weighted by Crippen LogP contribution is -2.43. The topological polar surface area (TPSA) is 47.0 Å². The second-order valence-electron chi connectivity index (χ2n) is 9.24. The van der Waals surface area contributed by atoms with E-state index >= 15 is 0 Å². The Kier molecular flexibility index (Phi) is 7.14. The van der Waals surface area contributed by atoms with Crippen LogP contribution in [0.4, 0.5) is 0 Å². The Bertz CT molecular complexity index is 1350. The lowest BCUT2D eigenvalue weighted by Gasteiger charge is -2.35. The van der Waals surface area contributed by atoms with E-state index in [9.17, 15) is 9.59 Å². The first kappa shape index (κ1) is 24.3. The molecule has 2 atom stereocenters. The van der Waals surface area contributed by atoms with Crippen molar-refractivity contribution in [1.82, 2.24) is 4.98 Å². The van der Waals surface area contributed by atoms with Crippen molar-refractivity contribution in [2.24, 2.45) is 0 Å². The Balaban J connectivity index is 1.74. The lowest BCUT2D eigenvalue weighted by molar-refractivity contribution is -0.120. The minimum absolute atomic E-state index is 0.399. The van der Waals surface area contributed by atoms with Gasteiger partial charge >= 0.3 is 0 Å². The average Bonchev–Trinajstić information content (AvgIpc) is 3.32. The Labute approximate surface area is 220 Å². The van der Waals surface area contributed by atoms with Crippen LogP contribution in [0.25, 0.3) is 10.2 Å². The molecule has 1 aliphatic carbocycles. The van der Waals surface area contributed by atoms with E-state index in [-0.39, 0.29) is 0 Å². The molecule has 35 heavy (non-hydrogen) atoms. The summed E-state index contributed by atoms with van der Waals surface area (Å²) in [6.45, 7) is 0. The summed E-state index contributed by atoms with van der Waals surface area (Å²) in [6.07, 6.45) is 6.27. The normalized spacial score (nSPS) is 17.1. The minimum Gasteiger partial charge on any atom is -0.287 e. The van der Waals surface area contributed by atoms with E-state index < -0.39 is 21.6 Å². The Morgan fingerprint density at radius 2 is 1.54 bits per heavy atom. The Hall–Kier alpha value is -2.41. The quantitative estimate of drug-likeness (QED) is 0.252. The standard InChI is InChI=1S/C29H27NO2S3/c31-26(33)25(20-12-6-2-7-13-20)29(28(32)34,22-14-8-3-9-15-22)27-30-23-17-16-21(18-24(23)35-27)19-10-4-1-5-11-19/h2-3,6-9,12-19,25H,1,4-5,10-11H2,(H,31,33)(H,32,34). The molecule has 1 heterocycles. The van der Waals surface area contributed by atoms with Crippen LogP contribution in [-0.2, 0) is 15.0 Å². The van der Waals surface area contributed by atoms with Crippen molar-refractivity contribution in [3.8, 4) is 0 Å². The SMILES string of the molecule is O=C(S)C(c1ccccc1)C(C(=O)S)(c1ccccc1)c1nc2ccc(C3CCCCC3)cc2s1. The van der Waals surface area contributed by atoms with Crippen molar-refractivity contribution in [2.75, 3.05) is 0 Å². The number of hydrogen-bond donors (Lipinski definition) is 2. The first-order valence-corrected chi connectivity index (χ1v) is 13.7. The van der Waals surface area contributed by atoms with Crippen molar-refractivity contribution in [2.45, 2.75) is 49.4 Å². The fraction of sp³-hybridized carbons (Fsp3) is 0.276. The van der Waals surface area contributed by atoms with Crippen molar-refractivity contribution in [3.05, 3.63) is 101 Å². The van der Waals surface area contributed by atoms with E-state index in [1.54, 1.807) is 0 Å². The predicted molar refractivity (Wildman–Crippen MR) is 150 cm³/mol. The molecule has 5 rings (SSSR count). The average molecular weight is 518 g/mol. The minimum atomic E-state index is -1.40. The molecule has 0 amide bonds. The highest BCUT2D eigenvalue weighted by Gasteiger charge is 2.52. The van der Waals surface area contributed by atoms with Crippen LogP contribution in [0, 0.1) is 0 Å². The molecule has 0 N–H and O–H groups in total. The van der Waals surface area contributed by atoms with Gasteiger partial charge in [-0.1, -0.05) is 86.0 Å². The summed E-state index contributed by atoms with van der Waals surface area (Å²) in [5.74, 6) is -0.307. The summed E-state index contributed by atoms with van der Waals surface area (Å²) >= 11 is 10.2. The number of aromatic nitrogens is 1. The third kappa shape index (κ3) is 4.48. The second kappa shape index (κ2) is 10.3. The summed E-state index contributed by atoms with van der Waals surface area (Å²) in [6, 6.07) is 25.2. The number of hydrogen-bond acceptors (Lipinski definition) is 4. The largest absolute Gasteiger partial charge is 0.287 e. The molecule has 6 heteroatoms. The van der Waals surface area contributed by atoms with Crippen LogP contribution in [0.3, 0.4) is 0 Å². The Morgan fingerprint density at radius 1 is 0.886 bits per heavy atom. The van der Waals surface area contributed by atoms with E-state index in [0.29, 0.717) is 22.1 Å². The van der Waals surface area contributed by atoms with Gasteiger partial charge in [0.05, 0.1) is 16.1 Å². The molecule has 3 nitrogen and oxygen atoms in total. The van der Waals surface area contributed by atoms with Gasteiger partial charge < -0.3 is 0 Å². The van der Waals surface area contributed by atoms with E-state index in [4.69, 9.17) is 4.98 Å². The molecular weight excluding hydrogens is 491 g/mol. The maximum Gasteiger partial charge on any atom is 0.204 e. The van der Waals surface area contributed by atoms with Crippen LogP contribution in [0.1, 0.15) is 65.6 Å². The van der Waals surface area contributed by atoms with Gasteiger partial charge in [0, 0.05) is 0 Å². The van der Waals surface area contributed by atoms with E-state index in [0.717, 1.165) is 10.2 Å². The number of carbonyl (C=O) groups is 2. The second-order valence-corrected chi connectivity index (χ2v) is 11.1. The number of benzene rings is 3. The highest BCUT2D eigenvalue weighted by Crippen LogP contribution is 2.50. The zero-order valence-corrected chi connectivity index (χ0v) is 21.9. The molecule has 0 bridgehead atoms. The molecular formula is C29H27NO2S3. The van der Waals surface area contributed by atoms with Crippen molar-refractivity contribution in [1.29, 1.82) is 0 Å². The van der Waals surface area contributed by atoms with Gasteiger partial charge in [-0.05, 0) is 47.6 Å². The van der Waals surface area contributed by atoms with Gasteiger partial charge in [0.15, 0.2) is 5.12 Å². The van der Waals surface area contributed by atoms with Gasteiger partial charge in [-0.2, -0.15) is 0 Å². The lowest BCUT2D eigenvalue weighted by atomic mass is 9.69. The highest BCUT2D eigenvalue weighted by molar-refractivity contribution is 7.97. The van der Waals surface area contributed by atoms with Crippen LogP contribution in [0.5, 0.6) is 0 Å². The molecule has 1 aromatic heterocycles. The first-order valence-electron chi connectivity index (χ1n) is 12.0. The first-order chi connectivity index (χ1) is 17.0. The number of thiazole rings is 1. The fourth-order valence-corrected chi connectivity index (χ4v) is 7.51. The van der Waals surface area contributed by atoms with Crippen molar-refractivity contribution < 1.29 is 9.59 Å². The maximum atomic E-state index is 13.6. The zero-order chi connectivity index (χ0) is 24.4. The van der Waals surface area contributed by atoms with Gasteiger partial charge in [0.2, 0.25) is 5.12 Å². The number of rotatable bonds is 7. The smallest absolute Gasteiger partial charge is 0.204 e. The maximum absolute atomic E-state index is 13.6. The molecule has 0 radical (unpaired) electrons. The van der Waals surface area contributed by atoms with E-state index in [2.05, 4.69) is 43.5 Å². The molecule has 2 unspecified atom stereocenters. The highest BCUT2D eigenvalue weighted by atomic mass is 32.1. The zero-order valence-electron chi connectivity index (χ0n) is 19.3. The molecule has 1 fully saturated rings. The number of carbonyl (C=O) groups excluding carboxylic acids is 2. The van der Waals surface area contributed by atoms with Crippen LogP contribution in [0.15, 0.2) is 78.9 Å². The molecule has 1 aliphatic rings. The summed E-state index contributed by atoms with van der Waals surface area (Å²) < 4.78 is 1.02. The third-order valence-corrected chi connectivity index (χ3v) is 8.97. The number of thiol groups is 2. The summed E-state index contributed by atoms with van der Waals surface area (Å²) in [5.41, 5.74) is 2.15. The van der Waals surface area contributed by atoms with Gasteiger partial charge in [-0.3, -0.25) is 9.59 Å². The Morgan fingerprint density at radius 3 is 2.17 bits per heavy atom. The van der Waals surface area contributed by atoms with E-state index in [1.807, 2.05) is 60.7 Å². The van der Waals surface area contributed by atoms with Crippen LogP contribution < -0.4 is 0 Å². The molecule has 0 spiro atoms.